The number of hydrogen-bond acceptors (Lipinski definition) is 5. The highest BCUT2D eigenvalue weighted by molar-refractivity contribution is 6.34. The third kappa shape index (κ3) is 3.82. The van der Waals surface area contributed by atoms with Gasteiger partial charge in [-0.3, -0.25) is 10.1 Å². The van der Waals surface area contributed by atoms with Crippen molar-refractivity contribution in [2.24, 2.45) is 0 Å². The van der Waals surface area contributed by atoms with Gasteiger partial charge in [0.25, 0.3) is 5.69 Å². The molecule has 110 valence electrons. The van der Waals surface area contributed by atoms with Crippen molar-refractivity contribution in [2.45, 2.75) is 19.4 Å². The standard InChI is InChI=1S/C12H15ClN2O5/c1-12(2,20-3)6-14-10-8(11(16)17)4-7(15(18)19)5-9(10)13/h4-5,14H,6H2,1-3H3,(H,16,17). The smallest absolute Gasteiger partial charge is 0.338 e. The molecule has 8 heteroatoms. The van der Waals surface area contributed by atoms with E-state index in [0.717, 1.165) is 12.1 Å². The van der Waals surface area contributed by atoms with Gasteiger partial charge in [0.1, 0.15) is 0 Å². The number of carboxylic acids is 1. The van der Waals surface area contributed by atoms with Crippen LogP contribution in [0.25, 0.3) is 0 Å². The highest BCUT2D eigenvalue weighted by Gasteiger charge is 2.22. The van der Waals surface area contributed by atoms with Gasteiger partial charge < -0.3 is 15.2 Å². The van der Waals surface area contributed by atoms with E-state index in [4.69, 9.17) is 21.4 Å². The van der Waals surface area contributed by atoms with Gasteiger partial charge in [0.2, 0.25) is 0 Å². The summed E-state index contributed by atoms with van der Waals surface area (Å²) in [5, 5.41) is 22.7. The van der Waals surface area contributed by atoms with Crippen LogP contribution in [-0.4, -0.2) is 35.3 Å². The van der Waals surface area contributed by atoms with Gasteiger partial charge in [0.05, 0.1) is 26.8 Å². The van der Waals surface area contributed by atoms with E-state index in [1.165, 1.54) is 7.11 Å². The van der Waals surface area contributed by atoms with E-state index in [9.17, 15) is 14.9 Å². The van der Waals surface area contributed by atoms with Crippen molar-refractivity contribution in [1.82, 2.24) is 0 Å². The first-order chi connectivity index (χ1) is 9.18. The quantitative estimate of drug-likeness (QED) is 0.619. The molecule has 1 aromatic rings. The molecule has 0 saturated heterocycles. The average Bonchev–Trinajstić information content (AvgIpc) is 2.36. The van der Waals surface area contributed by atoms with E-state index >= 15 is 0 Å². The molecule has 0 fully saturated rings. The molecule has 0 unspecified atom stereocenters. The van der Waals surface area contributed by atoms with Crippen molar-refractivity contribution in [1.29, 1.82) is 0 Å². The average molecular weight is 303 g/mol. The summed E-state index contributed by atoms with van der Waals surface area (Å²) >= 11 is 5.92. The summed E-state index contributed by atoms with van der Waals surface area (Å²) in [5.74, 6) is -1.30. The Morgan fingerprint density at radius 1 is 1.55 bits per heavy atom. The predicted molar refractivity (Wildman–Crippen MR) is 74.6 cm³/mol. The Hall–Kier alpha value is -1.86. The molecule has 0 saturated carbocycles. The summed E-state index contributed by atoms with van der Waals surface area (Å²) < 4.78 is 5.20. The zero-order chi connectivity index (χ0) is 15.5. The lowest BCUT2D eigenvalue weighted by Crippen LogP contribution is -2.32. The Kier molecular flexibility index (Phi) is 4.91. The van der Waals surface area contributed by atoms with E-state index in [0.29, 0.717) is 6.54 Å². The fraction of sp³-hybridized carbons (Fsp3) is 0.417. The highest BCUT2D eigenvalue weighted by Crippen LogP contribution is 2.31. The number of nitro groups is 1. The fourth-order valence-electron chi connectivity index (χ4n) is 1.42. The Balaban J connectivity index is 3.18. The van der Waals surface area contributed by atoms with Crippen molar-refractivity contribution in [3.8, 4) is 0 Å². The number of nitrogens with zero attached hydrogens (tertiary/aromatic N) is 1. The maximum absolute atomic E-state index is 11.2. The molecule has 0 bridgehead atoms. The summed E-state index contributed by atoms with van der Waals surface area (Å²) in [7, 11) is 1.53. The van der Waals surface area contributed by atoms with Gasteiger partial charge >= 0.3 is 5.97 Å². The van der Waals surface area contributed by atoms with Crippen LogP contribution in [0.1, 0.15) is 24.2 Å². The van der Waals surface area contributed by atoms with Crippen LogP contribution in [0.15, 0.2) is 12.1 Å². The lowest BCUT2D eigenvalue weighted by Gasteiger charge is -2.24. The number of aromatic carboxylic acids is 1. The van der Waals surface area contributed by atoms with Crippen LogP contribution in [-0.2, 0) is 4.74 Å². The van der Waals surface area contributed by atoms with E-state index in [1.54, 1.807) is 13.8 Å². The van der Waals surface area contributed by atoms with Crippen molar-refractivity contribution >= 4 is 28.9 Å². The third-order valence-electron chi connectivity index (χ3n) is 2.76. The topological polar surface area (TPSA) is 102 Å². The van der Waals surface area contributed by atoms with Gasteiger partial charge in [-0.25, -0.2) is 4.79 Å². The number of benzene rings is 1. The number of non-ortho nitro benzene ring substituents is 1. The molecule has 0 heterocycles. The van der Waals surface area contributed by atoms with Gasteiger partial charge in [0, 0.05) is 25.8 Å². The Labute approximate surface area is 120 Å². The normalized spacial score (nSPS) is 11.2. The van der Waals surface area contributed by atoms with Gasteiger partial charge in [0.15, 0.2) is 0 Å². The predicted octanol–water partition coefficient (Wildman–Crippen LogP) is 2.78. The lowest BCUT2D eigenvalue weighted by molar-refractivity contribution is -0.384. The Bertz CT molecular complexity index is 545. The molecule has 0 aromatic heterocycles. The number of halogens is 1. The van der Waals surface area contributed by atoms with Crippen LogP contribution < -0.4 is 5.32 Å². The van der Waals surface area contributed by atoms with Crippen molar-refractivity contribution in [2.75, 3.05) is 19.0 Å². The van der Waals surface area contributed by atoms with Crippen molar-refractivity contribution in [3.63, 3.8) is 0 Å². The monoisotopic (exact) mass is 302 g/mol. The Morgan fingerprint density at radius 2 is 2.15 bits per heavy atom. The number of rotatable bonds is 6. The second-order valence-corrected chi connectivity index (χ2v) is 5.14. The largest absolute Gasteiger partial charge is 0.478 e. The third-order valence-corrected chi connectivity index (χ3v) is 3.06. The number of nitrogens with one attached hydrogen (secondary N) is 1. The minimum absolute atomic E-state index is 0.0245. The number of nitro benzene ring substituents is 1. The minimum atomic E-state index is -1.30. The molecule has 20 heavy (non-hydrogen) atoms. The van der Waals surface area contributed by atoms with Crippen molar-refractivity contribution in [3.05, 3.63) is 32.8 Å². The second-order valence-electron chi connectivity index (χ2n) is 4.73. The number of methoxy groups -OCH3 is 1. The number of anilines is 1. The highest BCUT2D eigenvalue weighted by atomic mass is 35.5. The number of carboxylic acid groups (broad SMARTS) is 1. The molecule has 0 radical (unpaired) electrons. The molecule has 1 rings (SSSR count). The molecular weight excluding hydrogens is 288 g/mol. The molecule has 0 amide bonds. The molecule has 1 aromatic carbocycles. The SMILES string of the molecule is COC(C)(C)CNc1c(Cl)cc([N+](=O)[O-])cc1C(=O)O. The molecule has 0 spiro atoms. The maximum Gasteiger partial charge on any atom is 0.338 e. The molecule has 0 aliphatic rings. The second kappa shape index (κ2) is 6.06. The fourth-order valence-corrected chi connectivity index (χ4v) is 1.70. The van der Waals surface area contributed by atoms with Gasteiger partial charge in [-0.2, -0.15) is 0 Å². The first-order valence-corrected chi connectivity index (χ1v) is 6.06. The summed E-state index contributed by atoms with van der Waals surface area (Å²) in [6.07, 6.45) is 0. The minimum Gasteiger partial charge on any atom is -0.478 e. The summed E-state index contributed by atoms with van der Waals surface area (Å²) in [4.78, 5) is 21.2. The van der Waals surface area contributed by atoms with Crippen LogP contribution >= 0.6 is 11.6 Å². The zero-order valence-electron chi connectivity index (χ0n) is 11.3. The maximum atomic E-state index is 11.2. The van der Waals surface area contributed by atoms with Gasteiger partial charge in [-0.05, 0) is 13.8 Å². The first-order valence-electron chi connectivity index (χ1n) is 5.68. The van der Waals surface area contributed by atoms with Crippen molar-refractivity contribution < 1.29 is 19.6 Å². The Morgan fingerprint density at radius 3 is 2.60 bits per heavy atom. The van der Waals surface area contributed by atoms with Crippen LogP contribution in [0.5, 0.6) is 0 Å². The van der Waals surface area contributed by atoms with E-state index in [1.807, 2.05) is 0 Å². The number of ether oxygens (including phenoxy) is 1. The number of hydrogen-bond donors (Lipinski definition) is 2. The van der Waals surface area contributed by atoms with E-state index in [2.05, 4.69) is 5.32 Å². The summed E-state index contributed by atoms with van der Waals surface area (Å²) in [6, 6.07) is 2.08. The molecule has 0 aliphatic heterocycles. The zero-order valence-corrected chi connectivity index (χ0v) is 12.0. The molecule has 7 nitrogen and oxygen atoms in total. The summed E-state index contributed by atoms with van der Waals surface area (Å²) in [6.45, 7) is 3.90. The molecule has 2 N–H and O–H groups in total. The summed E-state index contributed by atoms with van der Waals surface area (Å²) in [5.41, 5.74) is -1.03. The van der Waals surface area contributed by atoms with E-state index < -0.39 is 16.5 Å². The van der Waals surface area contributed by atoms with Crippen LogP contribution in [0.4, 0.5) is 11.4 Å². The molecule has 0 atom stereocenters. The van der Waals surface area contributed by atoms with Gasteiger partial charge in [-0.15, -0.1) is 0 Å². The van der Waals surface area contributed by atoms with Crippen LogP contribution in [0.2, 0.25) is 5.02 Å². The first kappa shape index (κ1) is 16.2. The number of carbonyl (C=O) groups is 1. The molecule has 0 aliphatic carbocycles. The van der Waals surface area contributed by atoms with E-state index in [-0.39, 0.29) is 22.0 Å². The van der Waals surface area contributed by atoms with Gasteiger partial charge in [-0.1, -0.05) is 11.6 Å². The van der Waals surface area contributed by atoms with Crippen LogP contribution in [0.3, 0.4) is 0 Å². The molecular formula is C12H15ClN2O5. The lowest BCUT2D eigenvalue weighted by atomic mass is 10.1. The van der Waals surface area contributed by atoms with Crippen LogP contribution in [0, 0.1) is 10.1 Å².